The Morgan fingerprint density at radius 2 is 1.27 bits per heavy atom. The van der Waals surface area contributed by atoms with Crippen molar-refractivity contribution in [2.75, 3.05) is 0 Å². The zero-order chi connectivity index (χ0) is 15.4. The van der Waals surface area contributed by atoms with Gasteiger partial charge in [-0.05, 0) is 81.1 Å². The second kappa shape index (κ2) is 8.17. The van der Waals surface area contributed by atoms with E-state index in [0.29, 0.717) is 0 Å². The van der Waals surface area contributed by atoms with Gasteiger partial charge in [0.2, 0.25) is 0 Å². The molecule has 0 fully saturated rings. The minimum Gasteiger partial charge on any atom is -0.255 e. The standard InChI is InChI=1S/C19H22N2.Pd/c1-13-6-8-18(10-15(13)3)20-12-17(5)21-19-9-7-14(2)16(4)11-19;/h6-12H,1-5H3;. The molecule has 0 bridgehead atoms. The van der Waals surface area contributed by atoms with E-state index >= 15 is 0 Å². The van der Waals surface area contributed by atoms with Crippen LogP contribution < -0.4 is 0 Å². The summed E-state index contributed by atoms with van der Waals surface area (Å²) in [6.07, 6.45) is 1.82. The number of benzene rings is 2. The molecular formula is C19H22N2Pd. The first-order valence-electron chi connectivity index (χ1n) is 7.19. The summed E-state index contributed by atoms with van der Waals surface area (Å²) >= 11 is 0. The maximum Gasteiger partial charge on any atom is 0.0636 e. The average molecular weight is 385 g/mol. The molecular weight excluding hydrogens is 363 g/mol. The molecule has 0 saturated heterocycles. The molecule has 2 nitrogen and oxygen atoms in total. The van der Waals surface area contributed by atoms with Crippen molar-refractivity contribution in [3.8, 4) is 0 Å². The van der Waals surface area contributed by atoms with Crippen molar-refractivity contribution in [1.82, 2.24) is 0 Å². The Balaban J connectivity index is 0.00000242. The van der Waals surface area contributed by atoms with Crippen molar-refractivity contribution < 1.29 is 20.4 Å². The van der Waals surface area contributed by atoms with E-state index < -0.39 is 0 Å². The number of aryl methyl sites for hydroxylation is 4. The molecule has 0 heterocycles. The quantitative estimate of drug-likeness (QED) is 0.499. The van der Waals surface area contributed by atoms with Crippen LogP contribution >= 0.6 is 0 Å². The number of hydrogen-bond donors (Lipinski definition) is 0. The van der Waals surface area contributed by atoms with Gasteiger partial charge in [0.25, 0.3) is 0 Å². The first kappa shape index (κ1) is 18.5. The second-order valence-electron chi connectivity index (χ2n) is 5.55. The SMILES string of the molecule is CC(C=Nc1ccc(C)c(C)c1)=Nc1ccc(C)c(C)c1.[Pd]. The van der Waals surface area contributed by atoms with Crippen LogP contribution in [-0.2, 0) is 20.4 Å². The molecule has 0 aliphatic heterocycles. The third-order valence-corrected chi connectivity index (χ3v) is 3.69. The maximum atomic E-state index is 4.58. The van der Waals surface area contributed by atoms with Crippen LogP contribution in [0.2, 0.25) is 0 Å². The average Bonchev–Trinajstić information content (AvgIpc) is 2.44. The van der Waals surface area contributed by atoms with Crippen molar-refractivity contribution in [3.63, 3.8) is 0 Å². The molecule has 118 valence electrons. The number of hydrogen-bond acceptors (Lipinski definition) is 2. The van der Waals surface area contributed by atoms with E-state index in [4.69, 9.17) is 0 Å². The van der Waals surface area contributed by atoms with Crippen molar-refractivity contribution in [1.29, 1.82) is 0 Å². The Morgan fingerprint density at radius 3 is 1.82 bits per heavy atom. The largest absolute Gasteiger partial charge is 0.255 e. The minimum absolute atomic E-state index is 0. The van der Waals surface area contributed by atoms with Crippen molar-refractivity contribution >= 4 is 23.3 Å². The predicted molar refractivity (Wildman–Crippen MR) is 92.8 cm³/mol. The zero-order valence-corrected chi connectivity index (χ0v) is 15.3. The van der Waals surface area contributed by atoms with Crippen molar-refractivity contribution in [2.24, 2.45) is 9.98 Å². The smallest absolute Gasteiger partial charge is 0.0636 e. The molecule has 0 spiro atoms. The zero-order valence-electron chi connectivity index (χ0n) is 13.8. The Morgan fingerprint density at radius 1 is 0.773 bits per heavy atom. The fourth-order valence-corrected chi connectivity index (χ4v) is 2.00. The van der Waals surface area contributed by atoms with Gasteiger partial charge in [-0.1, -0.05) is 12.1 Å². The Bertz CT molecular complexity index is 715. The second-order valence-corrected chi connectivity index (χ2v) is 5.55. The van der Waals surface area contributed by atoms with Crippen LogP contribution in [0.4, 0.5) is 11.4 Å². The summed E-state index contributed by atoms with van der Waals surface area (Å²) in [4.78, 5) is 9.07. The summed E-state index contributed by atoms with van der Waals surface area (Å²) in [5.74, 6) is 0. The van der Waals surface area contributed by atoms with Crippen LogP contribution in [0.3, 0.4) is 0 Å². The summed E-state index contributed by atoms with van der Waals surface area (Å²) in [6.45, 7) is 10.4. The van der Waals surface area contributed by atoms with E-state index in [9.17, 15) is 0 Å². The monoisotopic (exact) mass is 384 g/mol. The van der Waals surface area contributed by atoms with E-state index in [-0.39, 0.29) is 20.4 Å². The van der Waals surface area contributed by atoms with Gasteiger partial charge in [0, 0.05) is 26.6 Å². The van der Waals surface area contributed by atoms with E-state index in [1.165, 1.54) is 22.3 Å². The summed E-state index contributed by atoms with van der Waals surface area (Å²) in [5.41, 5.74) is 7.93. The van der Waals surface area contributed by atoms with Crippen LogP contribution in [-0.4, -0.2) is 11.9 Å². The molecule has 0 atom stereocenters. The summed E-state index contributed by atoms with van der Waals surface area (Å²) in [6, 6.07) is 12.5. The molecule has 2 aromatic rings. The summed E-state index contributed by atoms with van der Waals surface area (Å²) in [7, 11) is 0. The topological polar surface area (TPSA) is 24.7 Å². The number of rotatable bonds is 3. The van der Waals surface area contributed by atoms with Crippen LogP contribution in [0.1, 0.15) is 29.2 Å². The molecule has 0 aromatic heterocycles. The van der Waals surface area contributed by atoms with E-state index in [1.807, 2.05) is 25.3 Å². The van der Waals surface area contributed by atoms with Gasteiger partial charge in [-0.3, -0.25) is 9.98 Å². The first-order valence-corrected chi connectivity index (χ1v) is 7.19. The van der Waals surface area contributed by atoms with Crippen LogP contribution in [0, 0.1) is 27.7 Å². The van der Waals surface area contributed by atoms with Gasteiger partial charge >= 0.3 is 0 Å². The summed E-state index contributed by atoms with van der Waals surface area (Å²) in [5, 5.41) is 0. The molecule has 22 heavy (non-hydrogen) atoms. The fraction of sp³-hybridized carbons (Fsp3) is 0.263. The molecule has 0 unspecified atom stereocenters. The summed E-state index contributed by atoms with van der Waals surface area (Å²) < 4.78 is 0. The van der Waals surface area contributed by atoms with Gasteiger partial charge in [0.05, 0.1) is 17.1 Å². The number of aliphatic imine (C=N–C) groups is 2. The molecule has 0 saturated carbocycles. The molecule has 2 rings (SSSR count). The normalized spacial score (nSPS) is 11.6. The van der Waals surface area contributed by atoms with Crippen LogP contribution in [0.25, 0.3) is 0 Å². The Kier molecular flexibility index (Phi) is 6.87. The molecule has 0 radical (unpaired) electrons. The van der Waals surface area contributed by atoms with Gasteiger partial charge in [-0.15, -0.1) is 0 Å². The Hall–Kier alpha value is -1.56. The minimum atomic E-state index is 0. The molecule has 0 aliphatic carbocycles. The van der Waals surface area contributed by atoms with Gasteiger partial charge < -0.3 is 0 Å². The van der Waals surface area contributed by atoms with Crippen molar-refractivity contribution in [3.05, 3.63) is 58.7 Å². The maximum absolute atomic E-state index is 4.58. The molecule has 3 heteroatoms. The molecule has 2 aromatic carbocycles. The van der Waals surface area contributed by atoms with E-state index in [0.717, 1.165) is 17.1 Å². The van der Waals surface area contributed by atoms with Crippen LogP contribution in [0.5, 0.6) is 0 Å². The van der Waals surface area contributed by atoms with E-state index in [1.54, 1.807) is 0 Å². The van der Waals surface area contributed by atoms with Gasteiger partial charge in [0.15, 0.2) is 0 Å². The molecule has 0 aliphatic rings. The fourth-order valence-electron chi connectivity index (χ4n) is 2.00. The van der Waals surface area contributed by atoms with Crippen molar-refractivity contribution in [2.45, 2.75) is 34.6 Å². The van der Waals surface area contributed by atoms with Gasteiger partial charge in [-0.25, -0.2) is 0 Å². The van der Waals surface area contributed by atoms with Gasteiger partial charge in [0.1, 0.15) is 0 Å². The predicted octanol–water partition coefficient (Wildman–Crippen LogP) is 5.41. The van der Waals surface area contributed by atoms with Gasteiger partial charge in [-0.2, -0.15) is 0 Å². The molecule has 0 N–H and O–H groups in total. The Labute approximate surface area is 147 Å². The van der Waals surface area contributed by atoms with Crippen LogP contribution in [0.15, 0.2) is 46.4 Å². The third-order valence-electron chi connectivity index (χ3n) is 3.69. The van der Waals surface area contributed by atoms with E-state index in [2.05, 4.69) is 61.9 Å². The first-order chi connectivity index (χ1) is 9.95. The third kappa shape index (κ3) is 5.02. The number of nitrogens with zero attached hydrogens (tertiary/aromatic N) is 2. The molecule has 0 amide bonds.